The fourth-order valence-electron chi connectivity index (χ4n) is 7.73. The van der Waals surface area contributed by atoms with Gasteiger partial charge in [0.1, 0.15) is 0 Å². The maximum absolute atomic E-state index is 9.68. The van der Waals surface area contributed by atoms with Crippen molar-refractivity contribution in [3.63, 3.8) is 0 Å². The Bertz CT molecular complexity index is 2570. The molecule has 0 atom stereocenters. The van der Waals surface area contributed by atoms with Crippen molar-refractivity contribution in [3.8, 4) is 33.4 Å². The second-order valence-corrected chi connectivity index (χ2v) is 12.5. The lowest BCUT2D eigenvalue weighted by Crippen LogP contribution is -2.28. The molecule has 1 aliphatic carbocycles. The first-order chi connectivity index (χ1) is 26.5. The van der Waals surface area contributed by atoms with Crippen LogP contribution in [0.3, 0.4) is 0 Å². The van der Waals surface area contributed by atoms with Crippen LogP contribution in [-0.2, 0) is 5.41 Å². The van der Waals surface area contributed by atoms with Crippen molar-refractivity contribution in [2.45, 2.75) is 5.41 Å². The van der Waals surface area contributed by atoms with E-state index in [1.807, 2.05) is 83.8 Å². The lowest BCUT2D eigenvalue weighted by atomic mass is 9.68. The Morgan fingerprint density at radius 3 is 1.48 bits per heavy atom. The molecule has 9 rings (SSSR count). The molecule has 8 aromatic carbocycles. The molecule has 0 fully saturated rings. The summed E-state index contributed by atoms with van der Waals surface area (Å²) in [5, 5.41) is 0. The maximum Gasteiger partial charge on any atom is 0.0714 e. The molecular formula is C49H35N. The van der Waals surface area contributed by atoms with Crippen LogP contribution in [0.25, 0.3) is 33.4 Å². The number of fused-ring (bicyclic) bond motifs is 3. The standard InChI is InChI=1S/C49H35N/c1-5-18-36(19-6-1)37-32-34-41(35-33-37)50(46-30-16-14-26-42(46)38-20-7-2-8-21-38)47-31-17-29-45-48(47)43-27-13-15-28-44(43)49(45,39-22-9-3-10-23-39)40-24-11-4-12-25-40/h1-35H/i32D,33D,34D,35D. The molecule has 8 aromatic rings. The van der Waals surface area contributed by atoms with Crippen LogP contribution in [0.2, 0.25) is 0 Å². The van der Waals surface area contributed by atoms with E-state index in [4.69, 9.17) is 0 Å². The molecule has 1 nitrogen and oxygen atoms in total. The van der Waals surface area contributed by atoms with Crippen LogP contribution >= 0.6 is 0 Å². The van der Waals surface area contributed by atoms with E-state index in [-0.39, 0.29) is 35.4 Å². The highest BCUT2D eigenvalue weighted by atomic mass is 15.1. The predicted molar refractivity (Wildman–Crippen MR) is 209 cm³/mol. The van der Waals surface area contributed by atoms with Gasteiger partial charge in [-0.25, -0.2) is 0 Å². The summed E-state index contributed by atoms with van der Waals surface area (Å²) in [5.74, 6) is 0. The molecule has 0 aliphatic heterocycles. The SMILES string of the molecule is [2H]c1c([2H])c(N(c2ccccc2-c2ccccc2)c2cccc3c2-c2ccccc2C3(c2ccccc2)c2ccccc2)c([2H])c([2H])c1-c1ccccc1. The first kappa shape index (κ1) is 25.6. The van der Waals surface area contributed by atoms with E-state index in [9.17, 15) is 5.48 Å². The van der Waals surface area contributed by atoms with E-state index in [2.05, 4.69) is 109 Å². The second-order valence-electron chi connectivity index (χ2n) is 12.5. The Hall–Kier alpha value is -6.44. The first-order valence-corrected chi connectivity index (χ1v) is 17.0. The number of nitrogens with zero attached hydrogens (tertiary/aromatic N) is 1. The fraction of sp³-hybridized carbons (Fsp3) is 0.0204. The van der Waals surface area contributed by atoms with Crippen LogP contribution in [0.15, 0.2) is 212 Å². The maximum atomic E-state index is 9.68. The topological polar surface area (TPSA) is 3.24 Å². The van der Waals surface area contributed by atoms with Gasteiger partial charge in [0.2, 0.25) is 0 Å². The summed E-state index contributed by atoms with van der Waals surface area (Å²) in [6.07, 6.45) is 0. The molecule has 0 N–H and O–H groups in total. The van der Waals surface area contributed by atoms with E-state index < -0.39 is 5.41 Å². The third kappa shape index (κ3) is 4.78. The van der Waals surface area contributed by atoms with Crippen LogP contribution in [0.1, 0.15) is 27.7 Å². The van der Waals surface area contributed by atoms with Gasteiger partial charge in [0, 0.05) is 16.8 Å². The van der Waals surface area contributed by atoms with Gasteiger partial charge >= 0.3 is 0 Å². The highest BCUT2D eigenvalue weighted by Gasteiger charge is 2.47. The van der Waals surface area contributed by atoms with Gasteiger partial charge in [-0.05, 0) is 68.7 Å². The van der Waals surface area contributed by atoms with Gasteiger partial charge in [0.25, 0.3) is 0 Å². The molecule has 0 spiro atoms. The van der Waals surface area contributed by atoms with Crippen molar-refractivity contribution in [2.75, 3.05) is 4.90 Å². The number of hydrogen-bond donors (Lipinski definition) is 0. The number of benzene rings is 8. The molecule has 0 amide bonds. The van der Waals surface area contributed by atoms with E-state index in [0.717, 1.165) is 55.9 Å². The molecule has 0 heterocycles. The lowest BCUT2D eigenvalue weighted by Gasteiger charge is -2.34. The van der Waals surface area contributed by atoms with Crippen molar-refractivity contribution >= 4 is 17.1 Å². The molecule has 1 heteroatoms. The summed E-state index contributed by atoms with van der Waals surface area (Å²) in [6.45, 7) is 0. The quantitative estimate of drug-likeness (QED) is 0.167. The van der Waals surface area contributed by atoms with Crippen LogP contribution in [-0.4, -0.2) is 0 Å². The summed E-state index contributed by atoms with van der Waals surface area (Å²) in [6, 6.07) is 63.1. The highest BCUT2D eigenvalue weighted by molar-refractivity contribution is 5.99. The minimum absolute atomic E-state index is 0.0877. The zero-order chi connectivity index (χ0) is 36.8. The van der Waals surface area contributed by atoms with Crippen molar-refractivity contribution in [1.82, 2.24) is 0 Å². The van der Waals surface area contributed by atoms with Crippen LogP contribution in [0.5, 0.6) is 0 Å². The van der Waals surface area contributed by atoms with Gasteiger partial charge < -0.3 is 4.90 Å². The third-order valence-corrected chi connectivity index (χ3v) is 9.83. The molecule has 0 unspecified atom stereocenters. The molecule has 50 heavy (non-hydrogen) atoms. The highest BCUT2D eigenvalue weighted by Crippen LogP contribution is 2.59. The van der Waals surface area contributed by atoms with Gasteiger partial charge in [-0.15, -0.1) is 0 Å². The van der Waals surface area contributed by atoms with Crippen LogP contribution in [0, 0.1) is 0 Å². The van der Waals surface area contributed by atoms with Gasteiger partial charge in [-0.1, -0.05) is 188 Å². The Labute approximate surface area is 300 Å². The molecular weight excluding hydrogens is 603 g/mol. The van der Waals surface area contributed by atoms with E-state index in [1.54, 1.807) is 0 Å². The van der Waals surface area contributed by atoms with Crippen molar-refractivity contribution in [3.05, 3.63) is 234 Å². The number of rotatable bonds is 7. The van der Waals surface area contributed by atoms with Crippen molar-refractivity contribution < 1.29 is 5.48 Å². The van der Waals surface area contributed by atoms with Gasteiger partial charge in [0.15, 0.2) is 0 Å². The van der Waals surface area contributed by atoms with Gasteiger partial charge in [0.05, 0.1) is 22.3 Å². The minimum Gasteiger partial charge on any atom is -0.309 e. The number of para-hydroxylation sites is 1. The molecule has 236 valence electrons. The first-order valence-electron chi connectivity index (χ1n) is 19.0. The van der Waals surface area contributed by atoms with E-state index >= 15 is 0 Å². The third-order valence-electron chi connectivity index (χ3n) is 9.83. The summed E-state index contributed by atoms with van der Waals surface area (Å²) >= 11 is 0. The number of hydrogen-bond acceptors (Lipinski definition) is 1. The van der Waals surface area contributed by atoms with E-state index in [1.165, 1.54) is 0 Å². The molecule has 0 saturated carbocycles. The van der Waals surface area contributed by atoms with Crippen LogP contribution < -0.4 is 4.90 Å². The molecule has 1 aliphatic rings. The smallest absolute Gasteiger partial charge is 0.0714 e. The largest absolute Gasteiger partial charge is 0.309 e. The minimum atomic E-state index is -0.666. The van der Waals surface area contributed by atoms with Crippen molar-refractivity contribution in [2.24, 2.45) is 0 Å². The molecule has 0 aromatic heterocycles. The molecule has 0 radical (unpaired) electrons. The van der Waals surface area contributed by atoms with E-state index in [0.29, 0.717) is 5.56 Å². The summed E-state index contributed by atoms with van der Waals surface area (Å²) < 4.78 is 38.1. The Morgan fingerprint density at radius 2 is 0.840 bits per heavy atom. The monoisotopic (exact) mass is 641 g/mol. The summed E-state index contributed by atoms with van der Waals surface area (Å²) in [7, 11) is 0. The average molecular weight is 642 g/mol. The second kappa shape index (κ2) is 12.5. The normalized spacial score (nSPS) is 13.7. The summed E-state index contributed by atoms with van der Waals surface area (Å²) in [5.41, 5.74) is 10.4. The fourth-order valence-corrected chi connectivity index (χ4v) is 7.73. The summed E-state index contributed by atoms with van der Waals surface area (Å²) in [4.78, 5) is 1.97. The Morgan fingerprint density at radius 1 is 0.360 bits per heavy atom. The Balaban J connectivity index is 1.42. The molecule has 0 bridgehead atoms. The van der Waals surface area contributed by atoms with Crippen LogP contribution in [0.4, 0.5) is 17.1 Å². The predicted octanol–water partition coefficient (Wildman–Crippen LogP) is 12.9. The average Bonchev–Trinajstić information content (AvgIpc) is 3.55. The van der Waals surface area contributed by atoms with Gasteiger partial charge in [-0.2, -0.15) is 0 Å². The lowest BCUT2D eigenvalue weighted by molar-refractivity contribution is 0.768. The van der Waals surface area contributed by atoms with Crippen molar-refractivity contribution in [1.29, 1.82) is 0 Å². The van der Waals surface area contributed by atoms with Gasteiger partial charge in [-0.3, -0.25) is 0 Å². The Kier molecular flexibility index (Phi) is 6.41. The molecule has 0 saturated heterocycles. The zero-order valence-corrected chi connectivity index (χ0v) is 27.3. The number of anilines is 3. The zero-order valence-electron chi connectivity index (χ0n) is 31.3.